The highest BCUT2D eigenvalue weighted by molar-refractivity contribution is 7.85. The fraction of sp³-hybridized carbons (Fsp3) is 0.765. The standard InChI is InChI=1S/C17H34O4SSi/c1-15(12-13-21-23(7,8)17(3,4)5)10-9-11-16(2)14-20-22(6,18)19/h11-12H,9-10,13-14H2,1-8H3/b15-12+,16-11+. The molecule has 0 aromatic rings. The molecule has 0 aromatic heterocycles. The number of rotatable bonds is 9. The Bertz CT molecular complexity index is 525. The fourth-order valence-corrected chi connectivity index (χ4v) is 2.85. The lowest BCUT2D eigenvalue weighted by Crippen LogP contribution is -2.40. The first kappa shape index (κ1) is 22.6. The van der Waals surface area contributed by atoms with Gasteiger partial charge >= 0.3 is 0 Å². The van der Waals surface area contributed by atoms with E-state index >= 15 is 0 Å². The van der Waals surface area contributed by atoms with Crippen LogP contribution in [0.4, 0.5) is 0 Å². The molecular weight excluding hydrogens is 328 g/mol. The summed E-state index contributed by atoms with van der Waals surface area (Å²) >= 11 is 0. The molecule has 0 aromatic carbocycles. The monoisotopic (exact) mass is 362 g/mol. The molecule has 0 bridgehead atoms. The Morgan fingerprint density at radius 3 is 2.13 bits per heavy atom. The Morgan fingerprint density at radius 2 is 1.65 bits per heavy atom. The minimum absolute atomic E-state index is 0.135. The molecule has 6 heteroatoms. The van der Waals surface area contributed by atoms with Crippen LogP contribution >= 0.6 is 0 Å². The van der Waals surface area contributed by atoms with Gasteiger partial charge in [-0.15, -0.1) is 0 Å². The van der Waals surface area contributed by atoms with E-state index in [1.165, 1.54) is 5.57 Å². The van der Waals surface area contributed by atoms with Crippen molar-refractivity contribution in [3.8, 4) is 0 Å². The average Bonchev–Trinajstić information content (AvgIpc) is 2.34. The predicted molar refractivity (Wildman–Crippen MR) is 101 cm³/mol. The molecule has 0 unspecified atom stereocenters. The molecule has 0 atom stereocenters. The van der Waals surface area contributed by atoms with Crippen LogP contribution in [-0.2, 0) is 18.7 Å². The molecule has 0 N–H and O–H groups in total. The van der Waals surface area contributed by atoms with Crippen LogP contribution in [0, 0.1) is 0 Å². The van der Waals surface area contributed by atoms with Gasteiger partial charge in [0.05, 0.1) is 19.5 Å². The molecule has 0 rings (SSSR count). The molecule has 0 saturated heterocycles. The van der Waals surface area contributed by atoms with Crippen LogP contribution < -0.4 is 0 Å². The molecule has 136 valence electrons. The lowest BCUT2D eigenvalue weighted by Gasteiger charge is -2.35. The van der Waals surface area contributed by atoms with Crippen LogP contribution in [0.1, 0.15) is 47.5 Å². The van der Waals surface area contributed by atoms with Crippen LogP contribution in [-0.4, -0.2) is 36.2 Å². The van der Waals surface area contributed by atoms with E-state index in [-0.39, 0.29) is 11.6 Å². The Hall–Kier alpha value is -0.433. The Labute approximate surface area is 144 Å². The highest BCUT2D eigenvalue weighted by Crippen LogP contribution is 2.36. The molecule has 0 aliphatic heterocycles. The molecule has 0 aliphatic carbocycles. The van der Waals surface area contributed by atoms with Crippen LogP contribution in [0.3, 0.4) is 0 Å². The maximum atomic E-state index is 10.9. The van der Waals surface area contributed by atoms with E-state index in [1.807, 2.05) is 13.0 Å². The topological polar surface area (TPSA) is 52.6 Å². The Kier molecular flexibility index (Phi) is 8.98. The van der Waals surface area contributed by atoms with Crippen molar-refractivity contribution >= 4 is 18.4 Å². The van der Waals surface area contributed by atoms with E-state index in [4.69, 9.17) is 8.61 Å². The minimum atomic E-state index is -3.36. The molecule has 23 heavy (non-hydrogen) atoms. The second-order valence-electron chi connectivity index (χ2n) is 7.68. The molecule has 0 heterocycles. The fourth-order valence-electron chi connectivity index (χ4n) is 1.52. The highest BCUT2D eigenvalue weighted by atomic mass is 32.2. The highest BCUT2D eigenvalue weighted by Gasteiger charge is 2.36. The summed E-state index contributed by atoms with van der Waals surface area (Å²) in [5, 5.41) is 0.230. The van der Waals surface area contributed by atoms with Gasteiger partial charge in [0.25, 0.3) is 10.1 Å². The SMILES string of the molecule is C/C(=C\CO[Si](C)(C)C(C)(C)C)CC/C=C(\C)COS(C)(=O)=O. The van der Waals surface area contributed by atoms with Gasteiger partial charge in [0.2, 0.25) is 0 Å². The zero-order valence-electron chi connectivity index (χ0n) is 16.0. The maximum absolute atomic E-state index is 10.9. The molecule has 0 aliphatic rings. The van der Waals surface area contributed by atoms with Crippen LogP contribution in [0.15, 0.2) is 23.3 Å². The predicted octanol–water partition coefficient (Wildman–Crippen LogP) is 4.66. The van der Waals surface area contributed by atoms with Crippen LogP contribution in [0.2, 0.25) is 18.1 Å². The molecule has 0 saturated carbocycles. The summed E-state index contributed by atoms with van der Waals surface area (Å²) < 4.78 is 32.7. The zero-order chi connectivity index (χ0) is 18.3. The Balaban J connectivity index is 4.22. The van der Waals surface area contributed by atoms with Crippen molar-refractivity contribution in [2.45, 2.75) is 65.6 Å². The van der Waals surface area contributed by atoms with E-state index in [0.29, 0.717) is 6.61 Å². The molecule has 0 amide bonds. The largest absolute Gasteiger partial charge is 0.413 e. The second kappa shape index (κ2) is 9.16. The minimum Gasteiger partial charge on any atom is -0.413 e. The van der Waals surface area contributed by atoms with Crippen molar-refractivity contribution < 1.29 is 17.0 Å². The van der Waals surface area contributed by atoms with Crippen molar-refractivity contribution in [1.82, 2.24) is 0 Å². The first-order chi connectivity index (χ1) is 10.2. The first-order valence-corrected chi connectivity index (χ1v) is 12.8. The first-order valence-electron chi connectivity index (χ1n) is 8.04. The summed E-state index contributed by atoms with van der Waals surface area (Å²) in [5.41, 5.74) is 2.22. The van der Waals surface area contributed by atoms with Crippen LogP contribution in [0.25, 0.3) is 0 Å². The average molecular weight is 363 g/mol. The number of allylic oxidation sites excluding steroid dienone is 2. The van der Waals surface area contributed by atoms with Crippen molar-refractivity contribution in [2.75, 3.05) is 19.5 Å². The van der Waals surface area contributed by atoms with Crippen LogP contribution in [0.5, 0.6) is 0 Å². The van der Waals surface area contributed by atoms with E-state index in [1.54, 1.807) is 0 Å². The van der Waals surface area contributed by atoms with Gasteiger partial charge in [-0.25, -0.2) is 0 Å². The van der Waals surface area contributed by atoms with Gasteiger partial charge in [-0.3, -0.25) is 4.18 Å². The molecule has 4 nitrogen and oxygen atoms in total. The van der Waals surface area contributed by atoms with Gasteiger partial charge in [-0.2, -0.15) is 8.42 Å². The third-order valence-corrected chi connectivity index (χ3v) is 9.26. The van der Waals surface area contributed by atoms with Crippen molar-refractivity contribution in [3.63, 3.8) is 0 Å². The molecular formula is C17H34O4SSi. The normalized spacial score (nSPS) is 15.1. The van der Waals surface area contributed by atoms with Crippen molar-refractivity contribution in [1.29, 1.82) is 0 Å². The Morgan fingerprint density at radius 1 is 1.09 bits per heavy atom. The summed E-state index contributed by atoms with van der Waals surface area (Å²) in [4.78, 5) is 0. The summed E-state index contributed by atoms with van der Waals surface area (Å²) in [6.45, 7) is 16.0. The number of hydrogen-bond acceptors (Lipinski definition) is 4. The van der Waals surface area contributed by atoms with Gasteiger partial charge < -0.3 is 4.43 Å². The van der Waals surface area contributed by atoms with Gasteiger partial charge in [0, 0.05) is 0 Å². The molecule has 0 spiro atoms. The smallest absolute Gasteiger partial charge is 0.264 e. The third-order valence-electron chi connectivity index (χ3n) is 4.21. The maximum Gasteiger partial charge on any atom is 0.264 e. The van der Waals surface area contributed by atoms with Gasteiger partial charge in [0.1, 0.15) is 0 Å². The summed E-state index contributed by atoms with van der Waals surface area (Å²) in [6, 6.07) is 0. The van der Waals surface area contributed by atoms with E-state index < -0.39 is 18.4 Å². The summed E-state index contributed by atoms with van der Waals surface area (Å²) in [7, 11) is -5.04. The zero-order valence-corrected chi connectivity index (χ0v) is 17.8. The van der Waals surface area contributed by atoms with Crippen molar-refractivity contribution in [3.05, 3.63) is 23.3 Å². The van der Waals surface area contributed by atoms with Gasteiger partial charge in [0.15, 0.2) is 8.32 Å². The summed E-state index contributed by atoms with van der Waals surface area (Å²) in [6.07, 6.45) is 7.06. The number of hydrogen-bond donors (Lipinski definition) is 0. The quantitative estimate of drug-likeness (QED) is 0.340. The molecule has 0 fully saturated rings. The third kappa shape index (κ3) is 10.9. The summed E-state index contributed by atoms with van der Waals surface area (Å²) in [5.74, 6) is 0. The van der Waals surface area contributed by atoms with E-state index in [2.05, 4.69) is 46.9 Å². The second-order valence-corrected chi connectivity index (χ2v) is 14.1. The van der Waals surface area contributed by atoms with E-state index in [9.17, 15) is 8.42 Å². The lowest BCUT2D eigenvalue weighted by molar-refractivity contribution is 0.327. The van der Waals surface area contributed by atoms with Crippen molar-refractivity contribution in [2.24, 2.45) is 0 Å². The van der Waals surface area contributed by atoms with E-state index in [0.717, 1.165) is 24.7 Å². The lowest BCUT2D eigenvalue weighted by atomic mass is 10.1. The van der Waals surface area contributed by atoms with Gasteiger partial charge in [-0.1, -0.05) is 44.1 Å². The van der Waals surface area contributed by atoms with Gasteiger partial charge in [-0.05, 0) is 44.8 Å². The molecule has 0 radical (unpaired) electrons.